The van der Waals surface area contributed by atoms with Gasteiger partial charge in [0.2, 0.25) is 0 Å². The Bertz CT molecular complexity index is 598. The van der Waals surface area contributed by atoms with Crippen molar-refractivity contribution in [3.05, 3.63) is 54.0 Å². The quantitative estimate of drug-likeness (QED) is 0.672. The van der Waals surface area contributed by atoms with Crippen LogP contribution in [0.4, 0.5) is 0 Å². The maximum Gasteiger partial charge on any atom is 0.130 e. The van der Waals surface area contributed by atoms with Gasteiger partial charge in [-0.3, -0.25) is 0 Å². The second-order valence-electron chi connectivity index (χ2n) is 5.57. The first-order valence-electron chi connectivity index (χ1n) is 8.71. The highest BCUT2D eigenvalue weighted by molar-refractivity contribution is 5.65. The monoisotopic (exact) mass is 361 g/mol. The van der Waals surface area contributed by atoms with Crippen LogP contribution in [0.15, 0.2) is 46.9 Å². The van der Waals surface area contributed by atoms with Crippen LogP contribution >= 0.6 is 0 Å². The number of hydrogen-bond donors (Lipinski definition) is 3. The fourth-order valence-corrected chi connectivity index (χ4v) is 2.13. The lowest BCUT2D eigenvalue weighted by Gasteiger charge is -2.11. The van der Waals surface area contributed by atoms with Crippen molar-refractivity contribution in [3.63, 3.8) is 0 Å². The summed E-state index contributed by atoms with van der Waals surface area (Å²) >= 11 is 0. The van der Waals surface area contributed by atoms with Crippen LogP contribution < -0.4 is 5.48 Å². The second-order valence-corrected chi connectivity index (χ2v) is 5.57. The van der Waals surface area contributed by atoms with E-state index >= 15 is 0 Å². The van der Waals surface area contributed by atoms with Crippen molar-refractivity contribution in [2.24, 2.45) is 0 Å². The van der Waals surface area contributed by atoms with E-state index in [0.29, 0.717) is 12.2 Å². The SMILES string of the molecule is CCCN(C)CCC#N.CNO.OCc1ccc(C2=CC=CC=CC2)o1. The molecule has 0 spiro atoms. The average Bonchev–Trinajstić information content (AvgIpc) is 2.96. The van der Waals surface area contributed by atoms with Crippen LogP contribution in [-0.2, 0) is 6.61 Å². The van der Waals surface area contributed by atoms with Crippen LogP contribution in [-0.4, -0.2) is 42.4 Å². The largest absolute Gasteiger partial charge is 0.459 e. The number of aliphatic hydroxyl groups excluding tert-OH is 1. The van der Waals surface area contributed by atoms with Crippen molar-refractivity contribution in [1.82, 2.24) is 10.4 Å². The molecule has 6 heteroatoms. The number of furan rings is 1. The fourth-order valence-electron chi connectivity index (χ4n) is 2.13. The number of hydrogen-bond acceptors (Lipinski definition) is 6. The first-order chi connectivity index (χ1) is 12.6. The molecule has 144 valence electrons. The van der Waals surface area contributed by atoms with Gasteiger partial charge in [-0.25, -0.2) is 5.48 Å². The molecule has 0 amide bonds. The number of allylic oxidation sites excluding steroid dienone is 6. The van der Waals surface area contributed by atoms with E-state index in [-0.39, 0.29) is 6.61 Å². The Balaban J connectivity index is 0.000000452. The first kappa shape index (κ1) is 23.8. The molecule has 0 atom stereocenters. The number of hydroxylamine groups is 1. The van der Waals surface area contributed by atoms with E-state index in [4.69, 9.17) is 20.0 Å². The molecule has 0 aliphatic heterocycles. The first-order valence-corrected chi connectivity index (χ1v) is 8.71. The second kappa shape index (κ2) is 16.3. The average molecular weight is 361 g/mol. The molecule has 0 radical (unpaired) electrons. The molecule has 0 saturated heterocycles. The normalized spacial score (nSPS) is 12.3. The summed E-state index contributed by atoms with van der Waals surface area (Å²) in [6, 6.07) is 5.81. The predicted molar refractivity (Wildman–Crippen MR) is 104 cm³/mol. The van der Waals surface area contributed by atoms with Gasteiger partial charge in [0, 0.05) is 20.0 Å². The molecule has 2 rings (SSSR count). The summed E-state index contributed by atoms with van der Waals surface area (Å²) in [7, 11) is 3.47. The summed E-state index contributed by atoms with van der Waals surface area (Å²) < 4.78 is 5.44. The molecule has 1 heterocycles. The van der Waals surface area contributed by atoms with Crippen molar-refractivity contribution in [2.75, 3.05) is 27.2 Å². The molecule has 0 fully saturated rings. The molecule has 0 aromatic carbocycles. The number of rotatable bonds is 6. The Morgan fingerprint density at radius 2 is 2.00 bits per heavy atom. The maximum absolute atomic E-state index is 8.86. The Hall–Kier alpha value is -2.17. The van der Waals surface area contributed by atoms with Crippen LogP contribution in [0.3, 0.4) is 0 Å². The number of nitrogens with zero attached hydrogens (tertiary/aromatic N) is 2. The minimum Gasteiger partial charge on any atom is -0.459 e. The van der Waals surface area contributed by atoms with E-state index in [2.05, 4.69) is 24.0 Å². The maximum atomic E-state index is 8.86. The molecule has 0 saturated carbocycles. The smallest absolute Gasteiger partial charge is 0.130 e. The number of nitriles is 1. The third kappa shape index (κ3) is 11.4. The lowest BCUT2D eigenvalue weighted by Crippen LogP contribution is -2.19. The van der Waals surface area contributed by atoms with Crippen molar-refractivity contribution in [2.45, 2.75) is 32.8 Å². The molecular formula is C20H31N3O3. The molecule has 1 aromatic rings. The molecule has 6 nitrogen and oxygen atoms in total. The van der Waals surface area contributed by atoms with E-state index in [0.717, 1.165) is 30.8 Å². The van der Waals surface area contributed by atoms with E-state index in [9.17, 15) is 0 Å². The molecule has 1 aliphatic rings. The van der Waals surface area contributed by atoms with Gasteiger partial charge in [-0.15, -0.1) is 0 Å². The Labute approximate surface area is 156 Å². The van der Waals surface area contributed by atoms with Crippen LogP contribution in [0.1, 0.15) is 37.7 Å². The van der Waals surface area contributed by atoms with Gasteiger partial charge in [0.25, 0.3) is 0 Å². The van der Waals surface area contributed by atoms with E-state index in [1.807, 2.05) is 37.4 Å². The summed E-state index contributed by atoms with van der Waals surface area (Å²) in [5.41, 5.74) is 2.88. The standard InChI is InChI=1S/C12H12O2.C7H14N2.CH5NO/c13-9-11-7-8-12(14-11)10-5-3-1-2-4-6-10;1-3-6-9(2)7-4-5-8;1-2-3/h1-5,7-8,13H,6,9H2;3-4,6-7H2,1-2H3;2-3H,1H3. The molecule has 1 aliphatic carbocycles. The summed E-state index contributed by atoms with van der Waals surface area (Å²) in [6.45, 7) is 4.11. The van der Waals surface area contributed by atoms with Gasteiger partial charge in [0.05, 0.1) is 6.07 Å². The van der Waals surface area contributed by atoms with E-state index in [1.54, 1.807) is 11.5 Å². The summed E-state index contributed by atoms with van der Waals surface area (Å²) in [5.74, 6) is 1.45. The van der Waals surface area contributed by atoms with E-state index < -0.39 is 0 Å². The third-order valence-electron chi connectivity index (χ3n) is 3.34. The minimum absolute atomic E-state index is 0.0427. The summed E-state index contributed by atoms with van der Waals surface area (Å²) in [6.07, 6.45) is 12.8. The highest BCUT2D eigenvalue weighted by Crippen LogP contribution is 2.22. The molecule has 1 aromatic heterocycles. The minimum atomic E-state index is -0.0427. The Kier molecular flexibility index (Phi) is 14.9. The van der Waals surface area contributed by atoms with Crippen molar-refractivity contribution >= 4 is 5.57 Å². The highest BCUT2D eigenvalue weighted by Gasteiger charge is 2.05. The van der Waals surface area contributed by atoms with Gasteiger partial charge in [0.1, 0.15) is 18.1 Å². The number of nitrogens with one attached hydrogen (secondary N) is 1. The molecule has 26 heavy (non-hydrogen) atoms. The predicted octanol–water partition coefficient (Wildman–Crippen LogP) is 3.51. The van der Waals surface area contributed by atoms with Gasteiger partial charge >= 0.3 is 0 Å². The third-order valence-corrected chi connectivity index (χ3v) is 3.34. The van der Waals surface area contributed by atoms with Gasteiger partial charge in [-0.05, 0) is 44.1 Å². The molecule has 0 unspecified atom stereocenters. The van der Waals surface area contributed by atoms with Crippen molar-refractivity contribution < 1.29 is 14.7 Å². The Morgan fingerprint density at radius 1 is 1.27 bits per heavy atom. The van der Waals surface area contributed by atoms with Gasteiger partial charge in [-0.2, -0.15) is 5.26 Å². The van der Waals surface area contributed by atoms with Crippen LogP contribution in [0.5, 0.6) is 0 Å². The van der Waals surface area contributed by atoms with Gasteiger partial charge in [0.15, 0.2) is 0 Å². The van der Waals surface area contributed by atoms with Crippen LogP contribution in [0.25, 0.3) is 5.57 Å². The van der Waals surface area contributed by atoms with Crippen LogP contribution in [0.2, 0.25) is 0 Å². The molecule has 3 N–H and O–H groups in total. The van der Waals surface area contributed by atoms with E-state index in [1.165, 1.54) is 13.5 Å². The van der Waals surface area contributed by atoms with Gasteiger partial charge < -0.3 is 19.6 Å². The molecular weight excluding hydrogens is 330 g/mol. The highest BCUT2D eigenvalue weighted by atomic mass is 16.5. The van der Waals surface area contributed by atoms with Gasteiger partial charge in [-0.1, -0.05) is 37.3 Å². The van der Waals surface area contributed by atoms with Crippen molar-refractivity contribution in [1.29, 1.82) is 5.26 Å². The van der Waals surface area contributed by atoms with Crippen LogP contribution in [0, 0.1) is 11.3 Å². The Morgan fingerprint density at radius 3 is 2.58 bits per heavy atom. The summed E-state index contributed by atoms with van der Waals surface area (Å²) in [5, 5.41) is 24.4. The zero-order valence-electron chi connectivity index (χ0n) is 16.0. The van der Waals surface area contributed by atoms with Crippen molar-refractivity contribution in [3.8, 4) is 6.07 Å². The zero-order chi connectivity index (χ0) is 19.6. The summed E-state index contributed by atoms with van der Waals surface area (Å²) in [4.78, 5) is 2.17. The topological polar surface area (TPSA) is 92.7 Å². The molecule has 0 bridgehead atoms. The number of aliphatic hydroxyl groups is 1. The zero-order valence-corrected chi connectivity index (χ0v) is 16.0. The lowest BCUT2D eigenvalue weighted by molar-refractivity contribution is 0.194. The fraction of sp³-hybridized carbons (Fsp3) is 0.450. The lowest BCUT2D eigenvalue weighted by atomic mass is 10.1.